The lowest BCUT2D eigenvalue weighted by Gasteiger charge is -2.12. The molecule has 0 bridgehead atoms. The summed E-state index contributed by atoms with van der Waals surface area (Å²) in [5.74, 6) is 0.650. The summed E-state index contributed by atoms with van der Waals surface area (Å²) >= 11 is 11.2. The van der Waals surface area contributed by atoms with E-state index in [1.54, 1.807) is 0 Å². The Morgan fingerprint density at radius 3 is 2.88 bits per heavy atom. The standard InChI is InChI=1S/C12H14BrClN2S/c1-7(2)11-6-15-12(17-11)16-10-4-3-8(14)5-9(10)13/h3-5,7,11H,6H2,1-2H3,(H,15,16). The van der Waals surface area contributed by atoms with Gasteiger partial charge in [0.2, 0.25) is 0 Å². The van der Waals surface area contributed by atoms with Gasteiger partial charge in [0.1, 0.15) is 0 Å². The van der Waals surface area contributed by atoms with Gasteiger partial charge in [-0.2, -0.15) is 0 Å². The third-order valence-corrected chi connectivity index (χ3v) is 4.94. The summed E-state index contributed by atoms with van der Waals surface area (Å²) in [4.78, 5) is 4.51. The molecule has 1 N–H and O–H groups in total. The van der Waals surface area contributed by atoms with E-state index in [1.165, 1.54) is 0 Å². The van der Waals surface area contributed by atoms with E-state index in [0.717, 1.165) is 26.9 Å². The summed E-state index contributed by atoms with van der Waals surface area (Å²) in [5, 5.41) is 5.63. The van der Waals surface area contributed by atoms with Gasteiger partial charge in [-0.15, -0.1) is 0 Å². The first-order valence-electron chi connectivity index (χ1n) is 5.49. The first-order valence-corrected chi connectivity index (χ1v) is 7.54. The molecular formula is C12H14BrClN2S. The Hall–Kier alpha value is -0.190. The summed E-state index contributed by atoms with van der Waals surface area (Å²) in [7, 11) is 0. The van der Waals surface area contributed by atoms with E-state index in [1.807, 2.05) is 30.0 Å². The second-order valence-electron chi connectivity index (χ2n) is 4.30. The number of thioether (sulfide) groups is 1. The first kappa shape index (κ1) is 13.2. The van der Waals surface area contributed by atoms with Crippen LogP contribution in [0.3, 0.4) is 0 Å². The Labute approximate surface area is 119 Å². The third kappa shape index (κ3) is 3.39. The highest BCUT2D eigenvalue weighted by Crippen LogP contribution is 2.31. The maximum atomic E-state index is 5.91. The van der Waals surface area contributed by atoms with E-state index in [9.17, 15) is 0 Å². The fraction of sp³-hybridized carbons (Fsp3) is 0.417. The van der Waals surface area contributed by atoms with Crippen LogP contribution < -0.4 is 5.32 Å². The topological polar surface area (TPSA) is 24.4 Å². The van der Waals surface area contributed by atoms with E-state index < -0.39 is 0 Å². The predicted octanol–water partition coefficient (Wildman–Crippen LogP) is 4.64. The van der Waals surface area contributed by atoms with Crippen LogP contribution in [0.1, 0.15) is 13.8 Å². The molecular weight excluding hydrogens is 320 g/mol. The van der Waals surface area contributed by atoms with Crippen molar-refractivity contribution < 1.29 is 0 Å². The zero-order valence-electron chi connectivity index (χ0n) is 9.71. The van der Waals surface area contributed by atoms with Gasteiger partial charge in [0.25, 0.3) is 0 Å². The van der Waals surface area contributed by atoms with Crippen molar-refractivity contribution in [2.24, 2.45) is 10.9 Å². The normalized spacial score (nSPS) is 19.6. The van der Waals surface area contributed by atoms with Gasteiger partial charge in [0.05, 0.1) is 12.2 Å². The number of halogens is 2. The largest absolute Gasteiger partial charge is 0.334 e. The SMILES string of the molecule is CC(C)C1CN=C(Nc2ccc(Cl)cc2Br)S1. The summed E-state index contributed by atoms with van der Waals surface area (Å²) in [6, 6.07) is 5.71. The molecule has 0 amide bonds. The van der Waals surface area contributed by atoms with Gasteiger partial charge in [-0.05, 0) is 40.0 Å². The number of nitrogens with one attached hydrogen (secondary N) is 1. The molecule has 0 radical (unpaired) electrons. The maximum Gasteiger partial charge on any atom is 0.161 e. The summed E-state index contributed by atoms with van der Waals surface area (Å²) < 4.78 is 0.960. The smallest absolute Gasteiger partial charge is 0.161 e. The van der Waals surface area contributed by atoms with Crippen molar-refractivity contribution in [3.63, 3.8) is 0 Å². The average Bonchev–Trinajstić information content (AvgIpc) is 2.71. The molecule has 5 heteroatoms. The molecule has 0 spiro atoms. The zero-order valence-corrected chi connectivity index (χ0v) is 12.9. The van der Waals surface area contributed by atoms with Crippen LogP contribution in [0.2, 0.25) is 5.02 Å². The molecule has 92 valence electrons. The number of aliphatic imine (C=N–C) groups is 1. The van der Waals surface area contributed by atoms with Gasteiger partial charge in [-0.25, -0.2) is 0 Å². The molecule has 1 aliphatic heterocycles. The Bertz CT molecular complexity index is 448. The van der Waals surface area contributed by atoms with E-state index in [2.05, 4.69) is 40.1 Å². The molecule has 0 saturated heterocycles. The number of hydrogen-bond acceptors (Lipinski definition) is 3. The van der Waals surface area contributed by atoms with Crippen LogP contribution in [0.4, 0.5) is 5.69 Å². The third-order valence-electron chi connectivity index (χ3n) is 2.59. The minimum absolute atomic E-state index is 0.587. The minimum Gasteiger partial charge on any atom is -0.334 e. The fourth-order valence-corrected chi connectivity index (χ4v) is 3.32. The van der Waals surface area contributed by atoms with Crippen molar-refractivity contribution in [1.29, 1.82) is 0 Å². The molecule has 1 aromatic carbocycles. The molecule has 1 unspecified atom stereocenters. The quantitative estimate of drug-likeness (QED) is 0.852. The first-order chi connectivity index (χ1) is 8.06. The van der Waals surface area contributed by atoms with Crippen molar-refractivity contribution in [3.8, 4) is 0 Å². The van der Waals surface area contributed by atoms with Crippen LogP contribution in [-0.2, 0) is 0 Å². The van der Waals surface area contributed by atoms with E-state index in [4.69, 9.17) is 11.6 Å². The second-order valence-corrected chi connectivity index (χ2v) is 6.81. The lowest BCUT2D eigenvalue weighted by molar-refractivity contribution is 0.621. The Kier molecular flexibility index (Phi) is 4.39. The number of nitrogens with zero attached hydrogens (tertiary/aromatic N) is 1. The molecule has 0 saturated carbocycles. The molecule has 0 aliphatic carbocycles. The average molecular weight is 334 g/mol. The van der Waals surface area contributed by atoms with Crippen LogP contribution in [0, 0.1) is 5.92 Å². The predicted molar refractivity (Wildman–Crippen MR) is 81.3 cm³/mol. The van der Waals surface area contributed by atoms with Crippen LogP contribution in [0.15, 0.2) is 27.7 Å². The van der Waals surface area contributed by atoms with E-state index in [0.29, 0.717) is 11.2 Å². The molecule has 2 nitrogen and oxygen atoms in total. The van der Waals surface area contributed by atoms with E-state index in [-0.39, 0.29) is 0 Å². The number of anilines is 1. The summed E-state index contributed by atoms with van der Waals surface area (Å²) in [5.41, 5.74) is 1.00. The Balaban J connectivity index is 2.03. The minimum atomic E-state index is 0.587. The zero-order chi connectivity index (χ0) is 12.4. The van der Waals surface area contributed by atoms with Gasteiger partial charge in [-0.3, -0.25) is 4.99 Å². The highest BCUT2D eigenvalue weighted by molar-refractivity contribution is 9.10. The molecule has 1 heterocycles. The monoisotopic (exact) mass is 332 g/mol. The van der Waals surface area contributed by atoms with Gasteiger partial charge in [0, 0.05) is 14.7 Å². The van der Waals surface area contributed by atoms with Gasteiger partial charge in [0.15, 0.2) is 5.17 Å². The number of hydrogen-bond donors (Lipinski definition) is 1. The van der Waals surface area contributed by atoms with Crippen molar-refractivity contribution in [2.75, 3.05) is 11.9 Å². The molecule has 17 heavy (non-hydrogen) atoms. The van der Waals surface area contributed by atoms with Crippen LogP contribution >= 0.6 is 39.3 Å². The molecule has 1 aliphatic rings. The summed E-state index contributed by atoms with van der Waals surface area (Å²) in [6.07, 6.45) is 0. The molecule has 1 atom stereocenters. The van der Waals surface area contributed by atoms with Crippen molar-refractivity contribution in [2.45, 2.75) is 19.1 Å². The van der Waals surface area contributed by atoms with Crippen molar-refractivity contribution in [1.82, 2.24) is 0 Å². The highest BCUT2D eigenvalue weighted by Gasteiger charge is 2.22. The number of benzene rings is 1. The van der Waals surface area contributed by atoms with Crippen LogP contribution in [0.5, 0.6) is 0 Å². The molecule has 0 aromatic heterocycles. The number of rotatable bonds is 2. The molecule has 2 rings (SSSR count). The van der Waals surface area contributed by atoms with Crippen molar-refractivity contribution >= 4 is 50.1 Å². The Morgan fingerprint density at radius 2 is 2.29 bits per heavy atom. The lowest BCUT2D eigenvalue weighted by atomic mass is 10.1. The second kappa shape index (κ2) is 5.63. The van der Waals surface area contributed by atoms with Crippen LogP contribution in [0.25, 0.3) is 0 Å². The number of amidine groups is 1. The Morgan fingerprint density at radius 1 is 1.53 bits per heavy atom. The highest BCUT2D eigenvalue weighted by atomic mass is 79.9. The molecule has 1 aromatic rings. The lowest BCUT2D eigenvalue weighted by Crippen LogP contribution is -2.13. The maximum absolute atomic E-state index is 5.91. The van der Waals surface area contributed by atoms with Crippen LogP contribution in [-0.4, -0.2) is 17.0 Å². The fourth-order valence-electron chi connectivity index (χ4n) is 1.51. The van der Waals surface area contributed by atoms with Gasteiger partial charge < -0.3 is 5.32 Å². The van der Waals surface area contributed by atoms with Gasteiger partial charge >= 0.3 is 0 Å². The van der Waals surface area contributed by atoms with Crippen molar-refractivity contribution in [3.05, 3.63) is 27.7 Å². The van der Waals surface area contributed by atoms with Gasteiger partial charge in [-0.1, -0.05) is 37.2 Å². The van der Waals surface area contributed by atoms with E-state index >= 15 is 0 Å². The molecule has 0 fully saturated rings. The summed E-state index contributed by atoms with van der Waals surface area (Å²) in [6.45, 7) is 5.36.